The molecular weight excluding hydrogens is 329 g/mol. The molecule has 0 aliphatic carbocycles. The van der Waals surface area contributed by atoms with Crippen molar-refractivity contribution >= 4 is 22.8 Å². The van der Waals surface area contributed by atoms with Gasteiger partial charge in [-0.05, 0) is 43.0 Å². The second-order valence-corrected chi connectivity index (χ2v) is 5.85. The van der Waals surface area contributed by atoms with Crippen LogP contribution in [0, 0.1) is 34.5 Å². The zero-order valence-electron chi connectivity index (χ0n) is 11.7. The van der Waals surface area contributed by atoms with E-state index in [1.807, 2.05) is 0 Å². The van der Waals surface area contributed by atoms with Gasteiger partial charge in [-0.2, -0.15) is 0 Å². The van der Waals surface area contributed by atoms with Gasteiger partial charge in [0.05, 0.1) is 16.2 Å². The van der Waals surface area contributed by atoms with Gasteiger partial charge < -0.3 is 9.94 Å². The molecular formula is C15H9F3N2O2S. The van der Waals surface area contributed by atoms with Crippen molar-refractivity contribution in [3.63, 3.8) is 0 Å². The van der Waals surface area contributed by atoms with Gasteiger partial charge in [0.1, 0.15) is 11.3 Å². The van der Waals surface area contributed by atoms with E-state index in [2.05, 4.69) is 0 Å². The maximum atomic E-state index is 13.4. The maximum absolute atomic E-state index is 13.4. The van der Waals surface area contributed by atoms with Gasteiger partial charge in [-0.15, -0.1) is 0 Å². The highest BCUT2D eigenvalue weighted by atomic mass is 32.2. The first-order valence-corrected chi connectivity index (χ1v) is 7.28. The van der Waals surface area contributed by atoms with Gasteiger partial charge >= 0.3 is 5.03 Å². The molecule has 0 fully saturated rings. The maximum Gasteiger partial charge on any atom is 0.320 e. The number of rotatable bonds is 2. The molecule has 0 radical (unpaired) electrons. The molecule has 0 N–H and O–H groups in total. The number of aromatic nitrogens is 2. The predicted molar refractivity (Wildman–Crippen MR) is 79.2 cm³/mol. The highest BCUT2D eigenvalue weighted by molar-refractivity contribution is 7.99. The summed E-state index contributed by atoms with van der Waals surface area (Å²) in [5, 5.41) is 12.2. The molecule has 118 valence electrons. The lowest BCUT2D eigenvalue weighted by atomic mass is 10.2. The Balaban J connectivity index is 2.23. The Kier molecular flexibility index (Phi) is 3.77. The zero-order valence-corrected chi connectivity index (χ0v) is 12.5. The third-order valence-electron chi connectivity index (χ3n) is 3.28. The Morgan fingerprint density at radius 3 is 2.35 bits per heavy atom. The Morgan fingerprint density at radius 1 is 1.09 bits per heavy atom. The lowest BCUT2D eigenvalue weighted by molar-refractivity contribution is -0.511. The molecule has 0 aliphatic heterocycles. The number of benzene rings is 2. The van der Waals surface area contributed by atoms with Crippen molar-refractivity contribution in [2.75, 3.05) is 0 Å². The van der Waals surface area contributed by atoms with Gasteiger partial charge in [0.2, 0.25) is 0 Å². The number of hydrogen-bond acceptors (Lipinski definition) is 3. The van der Waals surface area contributed by atoms with Gasteiger partial charge in [0.25, 0.3) is 5.52 Å². The first kappa shape index (κ1) is 15.4. The van der Waals surface area contributed by atoms with E-state index in [9.17, 15) is 23.3 Å². The van der Waals surface area contributed by atoms with E-state index in [1.165, 1.54) is 31.2 Å². The van der Waals surface area contributed by atoms with Gasteiger partial charge in [0.15, 0.2) is 11.6 Å². The minimum Gasteiger partial charge on any atom is -0.805 e. The normalized spacial score (nSPS) is 11.1. The van der Waals surface area contributed by atoms with Crippen LogP contribution in [-0.2, 0) is 0 Å². The largest absolute Gasteiger partial charge is 0.805 e. The third kappa shape index (κ3) is 2.65. The Morgan fingerprint density at radius 2 is 1.70 bits per heavy atom. The lowest BCUT2D eigenvalue weighted by Crippen LogP contribution is -2.24. The van der Waals surface area contributed by atoms with Crippen LogP contribution >= 0.6 is 11.8 Å². The van der Waals surface area contributed by atoms with E-state index >= 15 is 0 Å². The molecule has 3 rings (SSSR count). The van der Waals surface area contributed by atoms with Crippen LogP contribution in [0.2, 0.25) is 0 Å². The third-order valence-corrected chi connectivity index (χ3v) is 4.44. The Hall–Kier alpha value is -2.48. The quantitative estimate of drug-likeness (QED) is 0.668. The minimum absolute atomic E-state index is 0.00474. The Labute approximate surface area is 132 Å². The number of hydrogen-bond donors (Lipinski definition) is 0. The first-order valence-electron chi connectivity index (χ1n) is 6.46. The van der Waals surface area contributed by atoms with Gasteiger partial charge in [-0.25, -0.2) is 13.2 Å². The van der Waals surface area contributed by atoms with Crippen LogP contribution in [0.4, 0.5) is 13.2 Å². The molecule has 0 atom stereocenters. The number of halogens is 3. The predicted octanol–water partition coefficient (Wildman–Crippen LogP) is 3.78. The van der Waals surface area contributed by atoms with E-state index in [4.69, 9.17) is 0 Å². The summed E-state index contributed by atoms with van der Waals surface area (Å²) in [4.78, 5) is 12.9. The summed E-state index contributed by atoms with van der Waals surface area (Å²) in [6, 6.07) is 6.70. The summed E-state index contributed by atoms with van der Waals surface area (Å²) >= 11 is 0.935. The smallest absolute Gasteiger partial charge is 0.320 e. The molecule has 0 spiro atoms. The minimum atomic E-state index is -1.22. The van der Waals surface area contributed by atoms with Crippen molar-refractivity contribution in [2.45, 2.75) is 16.8 Å². The zero-order chi connectivity index (χ0) is 16.7. The average molecular weight is 338 g/mol. The van der Waals surface area contributed by atoms with E-state index in [1.54, 1.807) is 0 Å². The molecule has 8 heteroatoms. The van der Waals surface area contributed by atoms with Crippen LogP contribution in [0.1, 0.15) is 5.69 Å². The Bertz CT molecular complexity index is 971. The van der Waals surface area contributed by atoms with Crippen LogP contribution in [0.15, 0.2) is 46.3 Å². The van der Waals surface area contributed by atoms with Crippen LogP contribution in [0.3, 0.4) is 0 Å². The fourth-order valence-electron chi connectivity index (χ4n) is 2.10. The van der Waals surface area contributed by atoms with E-state index < -0.39 is 17.5 Å². The van der Waals surface area contributed by atoms with E-state index in [0.29, 0.717) is 26.2 Å². The topological polar surface area (TPSA) is 51.0 Å². The molecule has 0 aliphatic rings. The summed E-state index contributed by atoms with van der Waals surface area (Å²) in [6.07, 6.45) is 0. The van der Waals surface area contributed by atoms with Gasteiger partial charge in [-0.3, -0.25) is 0 Å². The second kappa shape index (κ2) is 5.62. The molecule has 3 aromatic rings. The number of fused-ring (bicyclic) bond motifs is 1. The summed E-state index contributed by atoms with van der Waals surface area (Å²) in [5.41, 5.74) is -0.512. The monoisotopic (exact) mass is 338 g/mol. The fraction of sp³-hybridized carbons (Fsp3) is 0.0667. The SMILES string of the molecule is Cc1c(Sc2ccc(F)cc2)[n+](=O)c2cc(F)c(F)cc2n1[O-]. The van der Waals surface area contributed by atoms with Crippen LogP contribution in [0.25, 0.3) is 11.0 Å². The molecule has 4 nitrogen and oxygen atoms in total. The molecule has 0 amide bonds. The molecule has 23 heavy (non-hydrogen) atoms. The molecule has 1 heterocycles. The summed E-state index contributed by atoms with van der Waals surface area (Å²) in [6.45, 7) is 1.40. The summed E-state index contributed by atoms with van der Waals surface area (Å²) in [7, 11) is 0. The van der Waals surface area contributed by atoms with Crippen molar-refractivity contribution in [3.05, 3.63) is 69.7 Å². The molecule has 0 saturated carbocycles. The molecule has 2 aromatic carbocycles. The van der Waals surface area contributed by atoms with Crippen molar-refractivity contribution < 1.29 is 17.6 Å². The van der Waals surface area contributed by atoms with Crippen molar-refractivity contribution in [1.82, 2.24) is 4.73 Å². The summed E-state index contributed by atoms with van der Waals surface area (Å²) < 4.78 is 40.3. The number of nitrogens with zero attached hydrogens (tertiary/aromatic N) is 2. The van der Waals surface area contributed by atoms with E-state index in [0.717, 1.165) is 11.8 Å². The highest BCUT2D eigenvalue weighted by Crippen LogP contribution is 2.29. The molecule has 0 saturated heterocycles. The van der Waals surface area contributed by atoms with Crippen LogP contribution in [0.5, 0.6) is 0 Å². The fourth-order valence-corrected chi connectivity index (χ4v) is 3.01. The molecule has 0 bridgehead atoms. The van der Waals surface area contributed by atoms with Crippen molar-refractivity contribution in [3.8, 4) is 0 Å². The summed E-state index contributed by atoms with van der Waals surface area (Å²) in [5.74, 6) is -2.86. The van der Waals surface area contributed by atoms with Crippen LogP contribution < -0.4 is 4.43 Å². The first-order chi connectivity index (χ1) is 10.9. The van der Waals surface area contributed by atoms with Crippen LogP contribution in [-0.4, -0.2) is 4.73 Å². The van der Waals surface area contributed by atoms with Crippen molar-refractivity contribution in [2.24, 2.45) is 0 Å². The van der Waals surface area contributed by atoms with E-state index in [-0.39, 0.29) is 21.8 Å². The van der Waals surface area contributed by atoms with Gasteiger partial charge in [0, 0.05) is 15.9 Å². The molecule has 0 unspecified atom stereocenters. The lowest BCUT2D eigenvalue weighted by Gasteiger charge is -2.16. The molecule has 1 aromatic heterocycles. The standard InChI is InChI=1S/C15H9F3N2O2S/c1-8-15(23-10-4-2-9(16)3-5-10)20(22)14-7-12(18)11(17)6-13(14)19(8)21/h2-7H,1H3. The average Bonchev–Trinajstić information content (AvgIpc) is 2.53. The van der Waals surface area contributed by atoms with Gasteiger partial charge in [-0.1, -0.05) is 0 Å². The van der Waals surface area contributed by atoms with Crippen molar-refractivity contribution in [1.29, 1.82) is 0 Å². The second-order valence-electron chi connectivity index (χ2n) is 4.79. The highest BCUT2D eigenvalue weighted by Gasteiger charge is 2.23.